The van der Waals surface area contributed by atoms with Crippen LogP contribution in [0.1, 0.15) is 43.2 Å². The lowest BCUT2D eigenvalue weighted by molar-refractivity contribution is -0.141. The predicted octanol–water partition coefficient (Wildman–Crippen LogP) is 2.67. The summed E-state index contributed by atoms with van der Waals surface area (Å²) in [6.07, 6.45) is 3.88. The van der Waals surface area contributed by atoms with Gasteiger partial charge in [0.25, 0.3) is 0 Å². The molecule has 1 amide bonds. The van der Waals surface area contributed by atoms with Crippen LogP contribution in [0.4, 0.5) is 0 Å². The van der Waals surface area contributed by atoms with E-state index in [2.05, 4.69) is 5.32 Å². The van der Waals surface area contributed by atoms with Crippen LogP contribution in [0.25, 0.3) is 0 Å². The molecule has 3 atom stereocenters. The second-order valence-corrected chi connectivity index (χ2v) is 7.32. The summed E-state index contributed by atoms with van der Waals surface area (Å²) in [6, 6.07) is 5.94. The summed E-state index contributed by atoms with van der Waals surface area (Å²) in [6.45, 7) is 3.71. The van der Waals surface area contributed by atoms with Crippen molar-refractivity contribution < 1.29 is 24.2 Å². The van der Waals surface area contributed by atoms with Gasteiger partial charge in [-0.1, -0.05) is 12.1 Å². The number of aryl methyl sites for hydroxylation is 1. The van der Waals surface area contributed by atoms with Crippen molar-refractivity contribution >= 4 is 11.9 Å². The molecular formula is C20H27NO5. The highest BCUT2D eigenvalue weighted by atomic mass is 16.5. The first-order valence-corrected chi connectivity index (χ1v) is 9.37. The lowest BCUT2D eigenvalue weighted by Crippen LogP contribution is -2.29. The first-order chi connectivity index (χ1) is 12.5. The quantitative estimate of drug-likeness (QED) is 0.780. The van der Waals surface area contributed by atoms with Gasteiger partial charge in [0, 0.05) is 24.6 Å². The van der Waals surface area contributed by atoms with Crippen LogP contribution in [0.2, 0.25) is 0 Å². The number of carboxylic acid groups (broad SMARTS) is 1. The smallest absolute Gasteiger partial charge is 0.306 e. The summed E-state index contributed by atoms with van der Waals surface area (Å²) >= 11 is 0. The summed E-state index contributed by atoms with van der Waals surface area (Å²) in [5.74, 6) is -0.702. The van der Waals surface area contributed by atoms with Crippen molar-refractivity contribution in [2.75, 3.05) is 13.2 Å². The number of carbonyl (C=O) groups is 2. The van der Waals surface area contributed by atoms with E-state index in [9.17, 15) is 9.59 Å². The van der Waals surface area contributed by atoms with E-state index in [0.717, 1.165) is 36.3 Å². The second kappa shape index (κ2) is 8.54. The van der Waals surface area contributed by atoms with Crippen molar-refractivity contribution in [1.82, 2.24) is 5.32 Å². The topological polar surface area (TPSA) is 84.9 Å². The summed E-state index contributed by atoms with van der Waals surface area (Å²) in [5, 5.41) is 12.0. The molecule has 1 aromatic carbocycles. The molecule has 1 aromatic rings. The van der Waals surface area contributed by atoms with Gasteiger partial charge in [-0.3, -0.25) is 9.59 Å². The average molecular weight is 361 g/mol. The third kappa shape index (κ3) is 4.75. The van der Waals surface area contributed by atoms with E-state index in [4.69, 9.17) is 14.6 Å². The Bertz CT molecular complexity index is 654. The molecule has 142 valence electrons. The Labute approximate surface area is 153 Å². The van der Waals surface area contributed by atoms with E-state index in [1.807, 2.05) is 25.1 Å². The molecular weight excluding hydrogens is 334 g/mol. The molecule has 6 nitrogen and oxygen atoms in total. The third-order valence-electron chi connectivity index (χ3n) is 5.28. The van der Waals surface area contributed by atoms with Crippen molar-refractivity contribution in [2.45, 2.75) is 51.7 Å². The fraction of sp³-hybridized carbons (Fsp3) is 0.600. The SMILES string of the molecule is Cc1ccc(CNC(=O)[C@@H]2CC[C@H](C(=O)O)C2)c(OCC2CCCO2)c1. The van der Waals surface area contributed by atoms with Crippen LogP contribution in [-0.2, 0) is 20.9 Å². The van der Waals surface area contributed by atoms with E-state index in [1.165, 1.54) is 0 Å². The highest BCUT2D eigenvalue weighted by Gasteiger charge is 2.33. The first kappa shape index (κ1) is 18.7. The molecule has 2 N–H and O–H groups in total. The highest BCUT2D eigenvalue weighted by Crippen LogP contribution is 2.31. The first-order valence-electron chi connectivity index (χ1n) is 9.37. The summed E-state index contributed by atoms with van der Waals surface area (Å²) in [5.41, 5.74) is 2.03. The summed E-state index contributed by atoms with van der Waals surface area (Å²) in [7, 11) is 0. The Morgan fingerprint density at radius 3 is 2.77 bits per heavy atom. The van der Waals surface area contributed by atoms with Crippen molar-refractivity contribution in [3.05, 3.63) is 29.3 Å². The number of ether oxygens (including phenoxy) is 2. The van der Waals surface area contributed by atoms with Crippen LogP contribution in [0, 0.1) is 18.8 Å². The molecule has 6 heteroatoms. The predicted molar refractivity (Wildman–Crippen MR) is 96.0 cm³/mol. The number of rotatable bonds is 7. The molecule has 1 aliphatic heterocycles. The van der Waals surface area contributed by atoms with Gasteiger partial charge in [-0.2, -0.15) is 0 Å². The van der Waals surface area contributed by atoms with Crippen LogP contribution in [0.3, 0.4) is 0 Å². The molecule has 2 fully saturated rings. The molecule has 0 spiro atoms. The molecule has 1 saturated carbocycles. The number of carbonyl (C=O) groups excluding carboxylic acids is 1. The Balaban J connectivity index is 1.55. The van der Waals surface area contributed by atoms with E-state index >= 15 is 0 Å². The van der Waals surface area contributed by atoms with Gasteiger partial charge in [0.05, 0.1) is 12.0 Å². The van der Waals surface area contributed by atoms with Crippen molar-refractivity contribution in [3.63, 3.8) is 0 Å². The largest absolute Gasteiger partial charge is 0.491 e. The molecule has 26 heavy (non-hydrogen) atoms. The van der Waals surface area contributed by atoms with Gasteiger partial charge >= 0.3 is 5.97 Å². The highest BCUT2D eigenvalue weighted by molar-refractivity contribution is 5.80. The van der Waals surface area contributed by atoms with Gasteiger partial charge in [0.15, 0.2) is 0 Å². The minimum atomic E-state index is -0.802. The Morgan fingerprint density at radius 2 is 2.08 bits per heavy atom. The standard InChI is InChI=1S/C20H27NO5/c1-13-4-5-16(18(9-13)26-12-17-3-2-8-25-17)11-21-19(22)14-6-7-15(10-14)20(23)24/h4-5,9,14-15,17H,2-3,6-8,10-12H2,1H3,(H,21,22)(H,23,24)/t14-,15+,17?/m1/s1. The van der Waals surface area contributed by atoms with Gasteiger partial charge in [0.2, 0.25) is 5.91 Å². The van der Waals surface area contributed by atoms with Crippen LogP contribution >= 0.6 is 0 Å². The monoisotopic (exact) mass is 361 g/mol. The number of carboxylic acids is 1. The molecule has 1 saturated heterocycles. The average Bonchev–Trinajstić information content (AvgIpc) is 3.30. The van der Waals surface area contributed by atoms with Crippen molar-refractivity contribution in [2.24, 2.45) is 11.8 Å². The van der Waals surface area contributed by atoms with Crippen molar-refractivity contribution in [3.8, 4) is 5.75 Å². The number of hydrogen-bond acceptors (Lipinski definition) is 4. The number of benzene rings is 1. The Kier molecular flexibility index (Phi) is 6.14. The van der Waals surface area contributed by atoms with E-state index in [-0.39, 0.29) is 17.9 Å². The lowest BCUT2D eigenvalue weighted by atomic mass is 10.0. The normalized spacial score (nSPS) is 25.2. The number of aliphatic carboxylic acids is 1. The molecule has 0 bridgehead atoms. The van der Waals surface area contributed by atoms with Gasteiger partial charge in [0.1, 0.15) is 12.4 Å². The third-order valence-corrected chi connectivity index (χ3v) is 5.28. The zero-order valence-electron chi connectivity index (χ0n) is 15.2. The van der Waals surface area contributed by atoms with E-state index < -0.39 is 11.9 Å². The molecule has 1 aliphatic carbocycles. The molecule has 3 rings (SSSR count). The maximum atomic E-state index is 12.4. The number of hydrogen-bond donors (Lipinski definition) is 2. The zero-order chi connectivity index (χ0) is 18.5. The summed E-state index contributed by atoms with van der Waals surface area (Å²) < 4.78 is 11.6. The Morgan fingerprint density at radius 1 is 1.27 bits per heavy atom. The maximum Gasteiger partial charge on any atom is 0.306 e. The van der Waals surface area contributed by atoms with Gasteiger partial charge < -0.3 is 19.9 Å². The molecule has 0 aromatic heterocycles. The van der Waals surface area contributed by atoms with Gasteiger partial charge in [-0.25, -0.2) is 0 Å². The number of amides is 1. The minimum absolute atomic E-state index is 0.0700. The molecule has 1 unspecified atom stereocenters. The molecule has 2 aliphatic rings. The number of nitrogens with one attached hydrogen (secondary N) is 1. The van der Waals surface area contributed by atoms with Crippen LogP contribution in [-0.4, -0.2) is 36.3 Å². The lowest BCUT2D eigenvalue weighted by Gasteiger charge is -2.17. The van der Waals surface area contributed by atoms with Gasteiger partial charge in [-0.15, -0.1) is 0 Å². The fourth-order valence-corrected chi connectivity index (χ4v) is 3.67. The van der Waals surface area contributed by atoms with Crippen LogP contribution in [0.5, 0.6) is 5.75 Å². The van der Waals surface area contributed by atoms with E-state index in [1.54, 1.807) is 0 Å². The second-order valence-electron chi connectivity index (χ2n) is 7.32. The zero-order valence-corrected chi connectivity index (χ0v) is 15.2. The summed E-state index contributed by atoms with van der Waals surface area (Å²) in [4.78, 5) is 23.4. The fourth-order valence-electron chi connectivity index (χ4n) is 3.67. The maximum absolute atomic E-state index is 12.4. The molecule has 0 radical (unpaired) electrons. The van der Waals surface area contributed by atoms with Crippen molar-refractivity contribution in [1.29, 1.82) is 0 Å². The minimum Gasteiger partial charge on any atom is -0.491 e. The molecule has 1 heterocycles. The van der Waals surface area contributed by atoms with E-state index in [0.29, 0.717) is 32.4 Å². The van der Waals surface area contributed by atoms with Crippen LogP contribution in [0.15, 0.2) is 18.2 Å². The Hall–Kier alpha value is -2.08. The van der Waals surface area contributed by atoms with Crippen LogP contribution < -0.4 is 10.1 Å². The van der Waals surface area contributed by atoms with Gasteiger partial charge in [-0.05, 0) is 50.7 Å².